The lowest BCUT2D eigenvalue weighted by Gasteiger charge is -2.27. The predicted molar refractivity (Wildman–Crippen MR) is 48.6 cm³/mol. The van der Waals surface area contributed by atoms with Gasteiger partial charge < -0.3 is 15.1 Å². The van der Waals surface area contributed by atoms with Crippen molar-refractivity contribution in [3.8, 4) is 0 Å². The van der Waals surface area contributed by atoms with Gasteiger partial charge in [-0.05, 0) is 25.9 Å². The lowest BCUT2D eigenvalue weighted by Crippen LogP contribution is -2.37. The molecule has 0 aromatic rings. The van der Waals surface area contributed by atoms with Crippen LogP contribution in [-0.4, -0.2) is 46.8 Å². The molecule has 1 unspecified atom stereocenters. The Morgan fingerprint density at radius 3 is 2.46 bits per heavy atom. The summed E-state index contributed by atoms with van der Waals surface area (Å²) >= 11 is 0. The fraction of sp³-hybridized carbons (Fsp3) is 0.889. The highest BCUT2D eigenvalue weighted by Crippen LogP contribution is 2.09. The smallest absolute Gasteiger partial charge is 0.306 e. The summed E-state index contributed by atoms with van der Waals surface area (Å²) in [5.74, 6) is -0.926. The summed E-state index contributed by atoms with van der Waals surface area (Å²) in [4.78, 5) is 12.4. The fourth-order valence-corrected chi connectivity index (χ4v) is 1.71. The van der Waals surface area contributed by atoms with Crippen molar-refractivity contribution in [1.82, 2.24) is 4.90 Å². The third-order valence-corrected chi connectivity index (χ3v) is 2.33. The average molecular weight is 187 g/mol. The van der Waals surface area contributed by atoms with Gasteiger partial charge in [0, 0.05) is 6.54 Å². The van der Waals surface area contributed by atoms with Crippen LogP contribution < -0.4 is 0 Å². The highest BCUT2D eigenvalue weighted by atomic mass is 16.4. The molecule has 0 radical (unpaired) electrons. The number of carboxylic acid groups (broad SMARTS) is 1. The van der Waals surface area contributed by atoms with E-state index in [9.17, 15) is 9.90 Å². The maximum atomic E-state index is 10.3. The van der Waals surface area contributed by atoms with Gasteiger partial charge in [0.25, 0.3) is 0 Å². The number of hydrogen-bond acceptors (Lipinski definition) is 3. The van der Waals surface area contributed by atoms with Crippen LogP contribution in [0.1, 0.15) is 25.7 Å². The number of piperidine rings is 1. The molecule has 1 atom stereocenters. The Balaban J connectivity index is 2.18. The number of aliphatic carboxylic acids is 1. The van der Waals surface area contributed by atoms with E-state index in [1.807, 2.05) is 0 Å². The topological polar surface area (TPSA) is 60.8 Å². The van der Waals surface area contributed by atoms with Gasteiger partial charge in [0.2, 0.25) is 0 Å². The summed E-state index contributed by atoms with van der Waals surface area (Å²) in [7, 11) is 0. The molecule has 0 bridgehead atoms. The number of rotatable bonds is 4. The molecular formula is C9H17NO3. The van der Waals surface area contributed by atoms with Gasteiger partial charge in [-0.25, -0.2) is 0 Å². The largest absolute Gasteiger partial charge is 0.481 e. The second-order valence-electron chi connectivity index (χ2n) is 3.61. The number of hydrogen-bond donors (Lipinski definition) is 2. The maximum Gasteiger partial charge on any atom is 0.306 e. The maximum absolute atomic E-state index is 10.3. The normalized spacial score (nSPS) is 21.3. The zero-order chi connectivity index (χ0) is 9.68. The van der Waals surface area contributed by atoms with Crippen LogP contribution in [0.25, 0.3) is 0 Å². The van der Waals surface area contributed by atoms with Crippen LogP contribution in [0.2, 0.25) is 0 Å². The number of nitrogens with zero attached hydrogens (tertiary/aromatic N) is 1. The monoisotopic (exact) mass is 187 g/mol. The van der Waals surface area contributed by atoms with Crippen molar-refractivity contribution in [3.63, 3.8) is 0 Å². The van der Waals surface area contributed by atoms with Crippen molar-refractivity contribution in [2.75, 3.05) is 19.6 Å². The quantitative estimate of drug-likeness (QED) is 0.665. The van der Waals surface area contributed by atoms with Crippen LogP contribution in [0.5, 0.6) is 0 Å². The number of aliphatic hydroxyl groups is 1. The molecule has 1 heterocycles. The summed E-state index contributed by atoms with van der Waals surface area (Å²) in [5, 5.41) is 17.8. The molecule has 2 N–H and O–H groups in total. The van der Waals surface area contributed by atoms with E-state index in [-0.39, 0.29) is 6.42 Å². The van der Waals surface area contributed by atoms with Gasteiger partial charge in [-0.3, -0.25) is 4.79 Å². The number of carboxylic acids is 1. The van der Waals surface area contributed by atoms with E-state index in [4.69, 9.17) is 5.11 Å². The van der Waals surface area contributed by atoms with Crippen LogP contribution in [0.4, 0.5) is 0 Å². The minimum atomic E-state index is -0.926. The van der Waals surface area contributed by atoms with Gasteiger partial charge in [0.05, 0.1) is 12.5 Å². The standard InChI is InChI=1S/C9H17NO3/c11-8(6-9(12)13)7-10-4-2-1-3-5-10/h8,11H,1-7H2,(H,12,13). The van der Waals surface area contributed by atoms with Crippen molar-refractivity contribution in [3.05, 3.63) is 0 Å². The van der Waals surface area contributed by atoms with E-state index < -0.39 is 12.1 Å². The lowest BCUT2D eigenvalue weighted by molar-refractivity contribution is -0.139. The third-order valence-electron chi connectivity index (χ3n) is 2.33. The summed E-state index contributed by atoms with van der Waals surface area (Å²) in [6.45, 7) is 2.50. The second kappa shape index (κ2) is 5.19. The van der Waals surface area contributed by atoms with E-state index >= 15 is 0 Å². The molecule has 1 fully saturated rings. The fourth-order valence-electron chi connectivity index (χ4n) is 1.71. The first-order valence-electron chi connectivity index (χ1n) is 4.80. The average Bonchev–Trinajstić information content (AvgIpc) is 2.04. The summed E-state index contributed by atoms with van der Waals surface area (Å²) < 4.78 is 0. The SMILES string of the molecule is O=C(O)CC(O)CN1CCCCC1. The van der Waals surface area contributed by atoms with Gasteiger partial charge in [0.1, 0.15) is 0 Å². The number of β-amino-alcohol motifs (C(OH)–C–C–N with tert-alkyl or cyclic N) is 1. The Kier molecular flexibility index (Phi) is 4.18. The molecule has 4 heteroatoms. The van der Waals surface area contributed by atoms with E-state index in [1.165, 1.54) is 19.3 Å². The highest BCUT2D eigenvalue weighted by molar-refractivity contribution is 5.67. The molecule has 4 nitrogen and oxygen atoms in total. The Labute approximate surface area is 78.2 Å². The number of aliphatic hydroxyl groups excluding tert-OH is 1. The molecule has 0 saturated carbocycles. The Bertz CT molecular complexity index is 166. The molecule has 0 spiro atoms. The molecular weight excluding hydrogens is 170 g/mol. The van der Waals surface area contributed by atoms with Crippen molar-refractivity contribution >= 4 is 5.97 Å². The number of carbonyl (C=O) groups is 1. The van der Waals surface area contributed by atoms with Crippen LogP contribution in [0.15, 0.2) is 0 Å². The summed E-state index contributed by atoms with van der Waals surface area (Å²) in [6.07, 6.45) is 2.73. The molecule has 76 valence electrons. The van der Waals surface area contributed by atoms with E-state index in [1.54, 1.807) is 0 Å². The molecule has 0 aromatic carbocycles. The second-order valence-corrected chi connectivity index (χ2v) is 3.61. The minimum Gasteiger partial charge on any atom is -0.481 e. The lowest BCUT2D eigenvalue weighted by atomic mass is 10.1. The van der Waals surface area contributed by atoms with Crippen molar-refractivity contribution in [2.24, 2.45) is 0 Å². The highest BCUT2D eigenvalue weighted by Gasteiger charge is 2.16. The molecule has 1 aliphatic rings. The first-order chi connectivity index (χ1) is 6.18. The predicted octanol–water partition coefficient (Wildman–Crippen LogP) is 0.308. The zero-order valence-electron chi connectivity index (χ0n) is 7.78. The Hall–Kier alpha value is -0.610. The van der Waals surface area contributed by atoms with Gasteiger partial charge in [0.15, 0.2) is 0 Å². The van der Waals surface area contributed by atoms with Gasteiger partial charge >= 0.3 is 5.97 Å². The molecule has 13 heavy (non-hydrogen) atoms. The van der Waals surface area contributed by atoms with Crippen LogP contribution in [0, 0.1) is 0 Å². The summed E-state index contributed by atoms with van der Waals surface area (Å²) in [6, 6.07) is 0. The molecule has 0 aromatic heterocycles. The molecule has 1 rings (SSSR count). The van der Waals surface area contributed by atoms with Crippen LogP contribution >= 0.6 is 0 Å². The van der Waals surface area contributed by atoms with Crippen molar-refractivity contribution in [2.45, 2.75) is 31.8 Å². The van der Waals surface area contributed by atoms with Crippen LogP contribution in [-0.2, 0) is 4.79 Å². The molecule has 0 aliphatic carbocycles. The minimum absolute atomic E-state index is 0.142. The van der Waals surface area contributed by atoms with Crippen LogP contribution in [0.3, 0.4) is 0 Å². The Morgan fingerprint density at radius 1 is 1.31 bits per heavy atom. The molecule has 1 saturated heterocycles. The van der Waals surface area contributed by atoms with E-state index in [2.05, 4.69) is 4.90 Å². The first kappa shape index (κ1) is 10.5. The summed E-state index contributed by atoms with van der Waals surface area (Å²) in [5.41, 5.74) is 0. The molecule has 1 aliphatic heterocycles. The Morgan fingerprint density at radius 2 is 1.92 bits per heavy atom. The van der Waals surface area contributed by atoms with Gasteiger partial charge in [-0.15, -0.1) is 0 Å². The zero-order valence-corrected chi connectivity index (χ0v) is 7.78. The van der Waals surface area contributed by atoms with Gasteiger partial charge in [-0.2, -0.15) is 0 Å². The van der Waals surface area contributed by atoms with E-state index in [0.717, 1.165) is 13.1 Å². The first-order valence-corrected chi connectivity index (χ1v) is 4.80. The molecule has 0 amide bonds. The van der Waals surface area contributed by atoms with Gasteiger partial charge in [-0.1, -0.05) is 6.42 Å². The van der Waals surface area contributed by atoms with Crippen molar-refractivity contribution < 1.29 is 15.0 Å². The van der Waals surface area contributed by atoms with E-state index in [0.29, 0.717) is 6.54 Å². The van der Waals surface area contributed by atoms with Crippen molar-refractivity contribution in [1.29, 1.82) is 0 Å². The third kappa shape index (κ3) is 4.24. The number of likely N-dealkylation sites (tertiary alicyclic amines) is 1.